The molecule has 0 saturated heterocycles. The van der Waals surface area contributed by atoms with Gasteiger partial charge in [0.25, 0.3) is 0 Å². The average Bonchev–Trinajstić information content (AvgIpc) is 3.50. The number of carbonyl (C=O) groups is 2. The Morgan fingerprint density at radius 2 is 1.16 bits per heavy atom. The maximum absolute atomic E-state index is 13.0. The lowest BCUT2D eigenvalue weighted by atomic mass is 9.76. The first kappa shape index (κ1) is 19.3. The fourth-order valence-corrected chi connectivity index (χ4v) is 6.30. The van der Waals surface area contributed by atoms with Crippen LogP contribution in [0.2, 0.25) is 0 Å². The van der Waals surface area contributed by atoms with E-state index in [4.69, 9.17) is 9.47 Å². The van der Waals surface area contributed by atoms with Gasteiger partial charge in [0.2, 0.25) is 0 Å². The van der Waals surface area contributed by atoms with E-state index in [1.807, 2.05) is 36.4 Å². The van der Waals surface area contributed by atoms with Crippen LogP contribution in [0.25, 0.3) is 0 Å². The van der Waals surface area contributed by atoms with E-state index in [1.165, 1.54) is 11.1 Å². The third kappa shape index (κ3) is 3.05. The minimum absolute atomic E-state index is 0.162. The van der Waals surface area contributed by atoms with Crippen LogP contribution in [0.1, 0.15) is 44.2 Å². The molecule has 0 heterocycles. The smallest absolute Gasteiger partial charge is 0.338 e. The molecule has 6 atom stereocenters. The van der Waals surface area contributed by atoms with Gasteiger partial charge in [-0.15, -0.1) is 0 Å². The van der Waals surface area contributed by atoms with Crippen molar-refractivity contribution in [3.05, 3.63) is 107 Å². The van der Waals surface area contributed by atoms with Crippen molar-refractivity contribution in [3.8, 4) is 0 Å². The number of rotatable bonds is 4. The number of carbonyl (C=O) groups excluding carboxylic acids is 2. The molecule has 2 saturated carbocycles. The number of hydrogen-bond acceptors (Lipinski definition) is 4. The summed E-state index contributed by atoms with van der Waals surface area (Å²) < 4.78 is 12.2. The fourth-order valence-electron chi connectivity index (χ4n) is 6.30. The first-order valence-corrected chi connectivity index (χ1v) is 11.3. The molecule has 0 spiro atoms. The van der Waals surface area contributed by atoms with Crippen molar-refractivity contribution in [1.82, 2.24) is 0 Å². The van der Waals surface area contributed by atoms with Crippen LogP contribution < -0.4 is 0 Å². The molecule has 0 N–H and O–H groups in total. The summed E-state index contributed by atoms with van der Waals surface area (Å²) in [5.41, 5.74) is 3.79. The Balaban J connectivity index is 1.32. The molecule has 0 radical (unpaired) electrons. The van der Waals surface area contributed by atoms with Crippen molar-refractivity contribution >= 4 is 11.9 Å². The quantitative estimate of drug-likeness (QED) is 0.551. The average molecular weight is 424 g/mol. The van der Waals surface area contributed by atoms with Gasteiger partial charge in [-0.25, -0.2) is 9.59 Å². The van der Waals surface area contributed by atoms with Crippen molar-refractivity contribution in [2.45, 2.75) is 31.0 Å². The topological polar surface area (TPSA) is 52.6 Å². The number of benzene rings is 3. The Kier molecular flexibility index (Phi) is 4.60. The van der Waals surface area contributed by atoms with E-state index in [0.29, 0.717) is 23.0 Å². The van der Waals surface area contributed by atoms with E-state index in [0.717, 1.165) is 12.8 Å². The second-order valence-corrected chi connectivity index (χ2v) is 9.13. The van der Waals surface area contributed by atoms with Crippen molar-refractivity contribution in [2.24, 2.45) is 17.8 Å². The zero-order chi connectivity index (χ0) is 21.7. The predicted octanol–water partition coefficient (Wildman–Crippen LogP) is 5.04. The molecule has 32 heavy (non-hydrogen) atoms. The van der Waals surface area contributed by atoms with Crippen LogP contribution in [0, 0.1) is 17.8 Å². The molecular formula is C28H24O4. The van der Waals surface area contributed by atoms with E-state index in [9.17, 15) is 9.59 Å². The maximum atomic E-state index is 13.0. The number of esters is 2. The van der Waals surface area contributed by atoms with Gasteiger partial charge in [0.15, 0.2) is 0 Å². The summed E-state index contributed by atoms with van der Waals surface area (Å²) in [5.74, 6) is 0.435. The third-order valence-corrected chi connectivity index (χ3v) is 7.56. The van der Waals surface area contributed by atoms with Gasteiger partial charge < -0.3 is 9.47 Å². The van der Waals surface area contributed by atoms with Crippen molar-refractivity contribution in [3.63, 3.8) is 0 Å². The van der Waals surface area contributed by atoms with Crippen LogP contribution >= 0.6 is 0 Å². The summed E-state index contributed by atoms with van der Waals surface area (Å²) in [6, 6.07) is 26.7. The minimum Gasteiger partial charge on any atom is -0.455 e. The molecule has 2 fully saturated rings. The lowest BCUT2D eigenvalue weighted by Crippen LogP contribution is -2.45. The van der Waals surface area contributed by atoms with Crippen LogP contribution in [-0.2, 0) is 15.9 Å². The van der Waals surface area contributed by atoms with E-state index in [2.05, 4.69) is 24.3 Å². The summed E-state index contributed by atoms with van der Waals surface area (Å²) in [4.78, 5) is 25.9. The lowest BCUT2D eigenvalue weighted by Gasteiger charge is -2.37. The maximum Gasteiger partial charge on any atom is 0.338 e. The van der Waals surface area contributed by atoms with Crippen LogP contribution in [0.5, 0.6) is 0 Å². The molecule has 0 aromatic heterocycles. The first-order valence-electron chi connectivity index (χ1n) is 11.3. The molecule has 4 unspecified atom stereocenters. The number of fused-ring (bicyclic) bond motifs is 7. The molecule has 4 nitrogen and oxygen atoms in total. The Labute approximate surface area is 187 Å². The normalized spacial score (nSPS) is 29.2. The standard InChI is InChI=1S/C28H24O4/c29-27(17-9-3-1-4-10-17)31-25-22-16-23(24-20-14-8-7-13-19(20)15-21(22)24)26(25)32-28(30)18-11-5-2-6-12-18/h1-14,21-26H,15-16H2/t21-,22?,23?,24-,25?,26?/m1/s1. The fraction of sp³-hybridized carbons (Fsp3) is 0.286. The zero-order valence-corrected chi connectivity index (χ0v) is 17.6. The molecule has 3 aliphatic rings. The highest BCUT2D eigenvalue weighted by Crippen LogP contribution is 2.62. The van der Waals surface area contributed by atoms with Crippen molar-refractivity contribution in [2.75, 3.05) is 0 Å². The first-order chi connectivity index (χ1) is 15.7. The summed E-state index contributed by atoms with van der Waals surface area (Å²) in [6.07, 6.45) is 1.06. The second-order valence-electron chi connectivity index (χ2n) is 9.13. The Morgan fingerprint density at radius 1 is 0.625 bits per heavy atom. The number of ether oxygens (including phenoxy) is 2. The van der Waals surface area contributed by atoms with Crippen LogP contribution in [-0.4, -0.2) is 24.1 Å². The van der Waals surface area contributed by atoms with E-state index < -0.39 is 12.2 Å². The monoisotopic (exact) mass is 424 g/mol. The molecular weight excluding hydrogens is 400 g/mol. The zero-order valence-electron chi connectivity index (χ0n) is 17.6. The Bertz CT molecular complexity index is 1160. The summed E-state index contributed by atoms with van der Waals surface area (Å²) in [5, 5.41) is 0. The van der Waals surface area contributed by atoms with Crippen molar-refractivity contribution in [1.29, 1.82) is 0 Å². The highest BCUT2D eigenvalue weighted by molar-refractivity contribution is 5.90. The van der Waals surface area contributed by atoms with E-state index in [-0.39, 0.29) is 23.8 Å². The van der Waals surface area contributed by atoms with Crippen LogP contribution in [0.4, 0.5) is 0 Å². The largest absolute Gasteiger partial charge is 0.455 e. The van der Waals surface area contributed by atoms with Crippen molar-refractivity contribution < 1.29 is 19.1 Å². The second kappa shape index (κ2) is 7.63. The SMILES string of the molecule is O=C(OC1C(OC(=O)c2ccccc2)C2CC1[C@H]1Cc3ccccc3[C@@H]21)c1ccccc1. The molecule has 3 aromatic carbocycles. The third-order valence-electron chi connectivity index (χ3n) is 7.56. The van der Waals surface area contributed by atoms with Gasteiger partial charge in [0, 0.05) is 11.8 Å². The number of hydrogen-bond donors (Lipinski definition) is 0. The van der Waals surface area contributed by atoms with Gasteiger partial charge in [-0.05, 0) is 60.1 Å². The van der Waals surface area contributed by atoms with Crippen LogP contribution in [0.15, 0.2) is 84.9 Å². The molecule has 6 rings (SSSR count). The van der Waals surface area contributed by atoms with Gasteiger partial charge in [-0.1, -0.05) is 60.7 Å². The van der Waals surface area contributed by atoms with Gasteiger partial charge in [0.1, 0.15) is 12.2 Å². The molecule has 4 heteroatoms. The Hall–Kier alpha value is -3.40. The molecule has 3 aliphatic carbocycles. The van der Waals surface area contributed by atoms with Crippen LogP contribution in [0.3, 0.4) is 0 Å². The molecule has 0 aliphatic heterocycles. The van der Waals surface area contributed by atoms with E-state index in [1.54, 1.807) is 24.3 Å². The minimum atomic E-state index is -0.437. The summed E-state index contributed by atoms with van der Waals surface area (Å²) in [7, 11) is 0. The molecule has 160 valence electrons. The Morgan fingerprint density at radius 3 is 1.78 bits per heavy atom. The lowest BCUT2D eigenvalue weighted by molar-refractivity contribution is -0.0698. The van der Waals surface area contributed by atoms with E-state index >= 15 is 0 Å². The highest BCUT2D eigenvalue weighted by atomic mass is 16.6. The van der Waals surface area contributed by atoms with Gasteiger partial charge in [-0.2, -0.15) is 0 Å². The molecule has 2 bridgehead atoms. The van der Waals surface area contributed by atoms with Gasteiger partial charge in [-0.3, -0.25) is 0 Å². The summed E-state index contributed by atoms with van der Waals surface area (Å²) >= 11 is 0. The summed E-state index contributed by atoms with van der Waals surface area (Å²) in [6.45, 7) is 0. The predicted molar refractivity (Wildman–Crippen MR) is 119 cm³/mol. The highest BCUT2D eigenvalue weighted by Gasteiger charge is 2.63. The van der Waals surface area contributed by atoms with Gasteiger partial charge in [0.05, 0.1) is 11.1 Å². The molecule has 0 amide bonds. The molecule has 3 aromatic rings. The van der Waals surface area contributed by atoms with Gasteiger partial charge >= 0.3 is 11.9 Å².